The lowest BCUT2D eigenvalue weighted by molar-refractivity contribution is -0.147. The summed E-state index contributed by atoms with van der Waals surface area (Å²) in [6.45, 7) is 1.08. The van der Waals surface area contributed by atoms with Gasteiger partial charge in [-0.15, -0.1) is 0 Å². The lowest BCUT2D eigenvalue weighted by Gasteiger charge is -2.13. The van der Waals surface area contributed by atoms with E-state index in [0.29, 0.717) is 30.5 Å². The van der Waals surface area contributed by atoms with Crippen molar-refractivity contribution >= 4 is 81.6 Å². The second-order valence-corrected chi connectivity index (χ2v) is 9.43. The van der Waals surface area contributed by atoms with Gasteiger partial charge in [0.05, 0.1) is 31.2 Å². The Morgan fingerprint density at radius 2 is 1.39 bits per heavy atom. The number of ether oxygens (including phenoxy) is 1. The third-order valence-corrected chi connectivity index (χ3v) is 7.19. The molecule has 3 rings (SSSR count). The summed E-state index contributed by atoms with van der Waals surface area (Å²) in [5.74, 6) is -2.37. The molecule has 12 heteroatoms. The van der Waals surface area contributed by atoms with Crippen LogP contribution in [-0.2, 0) is 14.3 Å². The fourth-order valence-electron chi connectivity index (χ4n) is 3.52. The summed E-state index contributed by atoms with van der Waals surface area (Å²) >= 11 is 24.2. The minimum Gasteiger partial charge on any atom is -0.456 e. The minimum atomic E-state index is -0.609. The van der Waals surface area contributed by atoms with E-state index in [4.69, 9.17) is 51.1 Å². The summed E-state index contributed by atoms with van der Waals surface area (Å²) in [6, 6.07) is 6.32. The van der Waals surface area contributed by atoms with Gasteiger partial charge in [0.1, 0.15) is 0 Å². The van der Waals surface area contributed by atoms with E-state index in [1.807, 2.05) is 0 Å². The first kappa shape index (κ1) is 27.9. The lowest BCUT2D eigenvalue weighted by atomic mass is 10.1. The third-order valence-electron chi connectivity index (χ3n) is 5.39. The second kappa shape index (κ2) is 12.1. The second-order valence-electron chi connectivity index (χ2n) is 7.92. The molecule has 0 aromatic heterocycles. The normalized spacial score (nSPS) is 12.5. The summed E-state index contributed by atoms with van der Waals surface area (Å²) in [7, 11) is 0. The fraction of sp³-hybridized carbons (Fsp3) is 0.292. The summed E-state index contributed by atoms with van der Waals surface area (Å²) < 4.78 is 4.97. The third kappa shape index (κ3) is 6.18. The molecular formula is C24H20Cl4N2O6. The number of hydrogen-bond donors (Lipinski definition) is 1. The molecule has 0 unspecified atom stereocenters. The maximum Gasteiger partial charge on any atom is 0.306 e. The zero-order valence-corrected chi connectivity index (χ0v) is 22.0. The number of ketones is 1. The highest BCUT2D eigenvalue weighted by atomic mass is 35.5. The van der Waals surface area contributed by atoms with Gasteiger partial charge in [0.15, 0.2) is 12.4 Å². The predicted molar refractivity (Wildman–Crippen MR) is 136 cm³/mol. The number of carbonyl (C=O) groups is 5. The molecule has 1 aliphatic rings. The molecular weight excluding hydrogens is 554 g/mol. The van der Waals surface area contributed by atoms with E-state index >= 15 is 0 Å². The summed E-state index contributed by atoms with van der Waals surface area (Å²) in [6.07, 6.45) is 1.42. The number of nitrogens with zero attached hydrogens (tertiary/aromatic N) is 1. The van der Waals surface area contributed by atoms with Gasteiger partial charge in [-0.05, 0) is 44.0 Å². The number of esters is 1. The van der Waals surface area contributed by atoms with Gasteiger partial charge in [-0.1, -0.05) is 52.8 Å². The van der Waals surface area contributed by atoms with E-state index in [-0.39, 0.29) is 50.0 Å². The number of imide groups is 1. The largest absolute Gasteiger partial charge is 0.456 e. The molecule has 190 valence electrons. The fourth-order valence-corrected chi connectivity index (χ4v) is 4.53. The van der Waals surface area contributed by atoms with Gasteiger partial charge in [-0.3, -0.25) is 28.9 Å². The van der Waals surface area contributed by atoms with Crippen LogP contribution in [0, 0.1) is 0 Å². The molecule has 0 spiro atoms. The molecule has 8 nitrogen and oxygen atoms in total. The number of hydrogen-bond acceptors (Lipinski definition) is 6. The zero-order chi connectivity index (χ0) is 26.6. The maximum atomic E-state index is 12.7. The number of rotatable bonds is 10. The first-order valence-electron chi connectivity index (χ1n) is 10.8. The molecule has 0 atom stereocenters. The van der Waals surface area contributed by atoms with E-state index in [1.54, 1.807) is 24.3 Å². The molecule has 1 aliphatic heterocycles. The number of benzene rings is 2. The molecule has 1 heterocycles. The topological polar surface area (TPSA) is 110 Å². The lowest BCUT2D eigenvalue weighted by Crippen LogP contribution is -2.30. The number of fused-ring (bicyclic) bond motifs is 1. The molecule has 0 radical (unpaired) electrons. The van der Waals surface area contributed by atoms with Crippen LogP contribution in [0.3, 0.4) is 0 Å². The van der Waals surface area contributed by atoms with Crippen LogP contribution in [0.1, 0.15) is 63.7 Å². The molecule has 2 aromatic rings. The Bertz CT molecular complexity index is 1200. The first-order chi connectivity index (χ1) is 17.0. The standard InChI is InChI=1S/C24H20Cl4N2O6/c1-12(31)13-6-8-14(9-7-13)29-15(32)11-36-16(33)5-3-2-4-10-30-23(34)17-18(24(30)35)20(26)22(28)21(27)19(17)25/h6-9H,2-5,10-11H2,1H3,(H,29,32). The average Bonchev–Trinajstić information content (AvgIpc) is 3.09. The summed E-state index contributed by atoms with van der Waals surface area (Å²) in [4.78, 5) is 61.5. The minimum absolute atomic E-state index is 0.0611. The van der Waals surface area contributed by atoms with Crippen molar-refractivity contribution in [1.82, 2.24) is 4.90 Å². The van der Waals surface area contributed by atoms with Crippen LogP contribution in [0.25, 0.3) is 0 Å². The van der Waals surface area contributed by atoms with Gasteiger partial charge in [0.2, 0.25) is 0 Å². The van der Waals surface area contributed by atoms with Gasteiger partial charge in [0.25, 0.3) is 17.7 Å². The van der Waals surface area contributed by atoms with Crippen LogP contribution < -0.4 is 5.32 Å². The average molecular weight is 574 g/mol. The van der Waals surface area contributed by atoms with Crippen molar-refractivity contribution in [2.24, 2.45) is 0 Å². The van der Waals surface area contributed by atoms with Gasteiger partial charge in [-0.2, -0.15) is 0 Å². The van der Waals surface area contributed by atoms with Gasteiger partial charge in [0, 0.05) is 24.2 Å². The molecule has 0 bridgehead atoms. The Labute approximate surface area is 226 Å². The van der Waals surface area contributed by atoms with Crippen molar-refractivity contribution in [3.8, 4) is 0 Å². The molecule has 0 saturated heterocycles. The van der Waals surface area contributed by atoms with Crippen molar-refractivity contribution in [2.75, 3.05) is 18.5 Å². The van der Waals surface area contributed by atoms with E-state index < -0.39 is 30.3 Å². The molecule has 3 amide bonds. The Kier molecular flexibility index (Phi) is 9.35. The number of unbranched alkanes of at least 4 members (excludes halogenated alkanes) is 2. The van der Waals surface area contributed by atoms with Crippen molar-refractivity contribution in [2.45, 2.75) is 32.6 Å². The van der Waals surface area contributed by atoms with E-state index in [0.717, 1.165) is 4.90 Å². The number of halogens is 4. The number of nitrogens with one attached hydrogen (secondary N) is 1. The van der Waals surface area contributed by atoms with Crippen LogP contribution in [0.2, 0.25) is 20.1 Å². The Morgan fingerprint density at radius 3 is 1.92 bits per heavy atom. The van der Waals surface area contributed by atoms with Crippen molar-refractivity contribution in [3.63, 3.8) is 0 Å². The quantitative estimate of drug-likeness (QED) is 0.0954. The first-order valence-corrected chi connectivity index (χ1v) is 12.3. The van der Waals surface area contributed by atoms with Crippen LogP contribution >= 0.6 is 46.4 Å². The summed E-state index contributed by atoms with van der Waals surface area (Å²) in [5, 5.41) is 2.13. The molecule has 2 aromatic carbocycles. The van der Waals surface area contributed by atoms with Crippen molar-refractivity contribution in [3.05, 3.63) is 61.0 Å². The van der Waals surface area contributed by atoms with Crippen molar-refractivity contribution < 1.29 is 28.7 Å². The van der Waals surface area contributed by atoms with Crippen LogP contribution in [-0.4, -0.2) is 47.5 Å². The molecule has 0 fully saturated rings. The molecule has 1 N–H and O–H groups in total. The SMILES string of the molecule is CC(=O)c1ccc(NC(=O)COC(=O)CCCCCN2C(=O)c3c(Cl)c(Cl)c(Cl)c(Cl)c3C2=O)cc1. The van der Waals surface area contributed by atoms with Crippen LogP contribution in [0.5, 0.6) is 0 Å². The monoisotopic (exact) mass is 572 g/mol. The summed E-state index contributed by atoms with van der Waals surface area (Å²) in [5.41, 5.74) is 0.848. The predicted octanol–water partition coefficient (Wildman–Crippen LogP) is 5.84. The smallest absolute Gasteiger partial charge is 0.306 e. The number of anilines is 1. The Morgan fingerprint density at radius 1 is 0.833 bits per heavy atom. The van der Waals surface area contributed by atoms with Crippen LogP contribution in [0.4, 0.5) is 5.69 Å². The number of carbonyl (C=O) groups excluding carboxylic acids is 5. The van der Waals surface area contributed by atoms with Gasteiger partial charge >= 0.3 is 5.97 Å². The van der Waals surface area contributed by atoms with E-state index in [2.05, 4.69) is 5.32 Å². The van der Waals surface area contributed by atoms with Gasteiger partial charge < -0.3 is 10.1 Å². The molecule has 0 saturated carbocycles. The Balaban J connectivity index is 1.39. The number of Topliss-reactive ketones (excluding diaryl/α,β-unsaturated/α-hetero) is 1. The maximum absolute atomic E-state index is 12.7. The zero-order valence-electron chi connectivity index (χ0n) is 19.0. The highest BCUT2D eigenvalue weighted by Gasteiger charge is 2.41. The van der Waals surface area contributed by atoms with Crippen molar-refractivity contribution in [1.29, 1.82) is 0 Å². The highest BCUT2D eigenvalue weighted by Crippen LogP contribution is 2.44. The Hall–Kier alpha value is -2.65. The molecule has 36 heavy (non-hydrogen) atoms. The van der Waals surface area contributed by atoms with Crippen LogP contribution in [0.15, 0.2) is 24.3 Å². The van der Waals surface area contributed by atoms with E-state index in [9.17, 15) is 24.0 Å². The molecule has 0 aliphatic carbocycles. The number of amides is 3. The highest BCUT2D eigenvalue weighted by molar-refractivity contribution is 6.55. The van der Waals surface area contributed by atoms with E-state index in [1.165, 1.54) is 6.92 Å². The van der Waals surface area contributed by atoms with Gasteiger partial charge in [-0.25, -0.2) is 0 Å².